The number of aromatic hydroxyl groups is 1. The average Bonchev–Trinajstić information content (AvgIpc) is 3.15. The molecule has 0 bridgehead atoms. The number of ether oxygens (including phenoxy) is 1. The molecule has 168 valence electrons. The Morgan fingerprint density at radius 1 is 0.970 bits per heavy atom. The second-order valence-corrected chi connectivity index (χ2v) is 8.16. The number of carbonyl (C=O) groups is 1. The lowest BCUT2D eigenvalue weighted by molar-refractivity contribution is 0.0697. The maximum atomic E-state index is 14.5. The van der Waals surface area contributed by atoms with E-state index < -0.39 is 17.6 Å². The van der Waals surface area contributed by atoms with E-state index in [0.29, 0.717) is 53.8 Å². The highest BCUT2D eigenvalue weighted by Gasteiger charge is 2.29. The number of aromatic carboxylic acids is 1. The molecule has 0 unspecified atom stereocenters. The summed E-state index contributed by atoms with van der Waals surface area (Å²) in [5.74, 6) is -2.31. The van der Waals surface area contributed by atoms with Crippen molar-refractivity contribution in [2.24, 2.45) is 0 Å². The van der Waals surface area contributed by atoms with Crippen molar-refractivity contribution in [3.8, 4) is 22.6 Å². The minimum absolute atomic E-state index is 0.00199. The molecule has 2 heterocycles. The second-order valence-electron chi connectivity index (χ2n) is 8.16. The van der Waals surface area contributed by atoms with Crippen LogP contribution in [-0.2, 0) is 4.74 Å². The summed E-state index contributed by atoms with van der Waals surface area (Å²) >= 11 is 0. The Balaban J connectivity index is 1.91. The summed E-state index contributed by atoms with van der Waals surface area (Å²) in [7, 11) is 0. The molecule has 4 aromatic rings. The van der Waals surface area contributed by atoms with Crippen molar-refractivity contribution < 1.29 is 28.5 Å². The lowest BCUT2D eigenvalue weighted by Gasteiger charge is -2.26. The second kappa shape index (κ2) is 8.33. The molecule has 1 aliphatic rings. The number of hydrogen-bond acceptors (Lipinski definition) is 3. The highest BCUT2D eigenvalue weighted by Crippen LogP contribution is 2.46. The Morgan fingerprint density at radius 3 is 2.39 bits per heavy atom. The van der Waals surface area contributed by atoms with Gasteiger partial charge in [-0.25, -0.2) is 13.6 Å². The Morgan fingerprint density at radius 2 is 1.70 bits per heavy atom. The molecule has 0 spiro atoms. The monoisotopic (exact) mass is 449 g/mol. The predicted molar refractivity (Wildman–Crippen MR) is 120 cm³/mol. The van der Waals surface area contributed by atoms with Gasteiger partial charge in [0.2, 0.25) is 0 Å². The van der Waals surface area contributed by atoms with Gasteiger partial charge in [0.15, 0.2) is 0 Å². The van der Waals surface area contributed by atoms with Gasteiger partial charge < -0.3 is 19.5 Å². The van der Waals surface area contributed by atoms with Gasteiger partial charge in [-0.2, -0.15) is 0 Å². The maximum Gasteiger partial charge on any atom is 0.335 e. The third kappa shape index (κ3) is 3.74. The predicted octanol–water partition coefficient (Wildman–Crippen LogP) is 5.87. The van der Waals surface area contributed by atoms with Gasteiger partial charge in [0.05, 0.1) is 16.5 Å². The number of hydrogen-bond donors (Lipinski definition) is 2. The summed E-state index contributed by atoms with van der Waals surface area (Å²) in [5.41, 5.74) is 3.20. The maximum absolute atomic E-state index is 14.5. The highest BCUT2D eigenvalue weighted by atomic mass is 19.1. The number of phenolic OH excluding ortho intramolecular Hbond substituents is 1. The lowest BCUT2D eigenvalue weighted by Crippen LogP contribution is -2.17. The van der Waals surface area contributed by atoms with E-state index in [4.69, 9.17) is 4.74 Å². The van der Waals surface area contributed by atoms with Crippen LogP contribution in [0.3, 0.4) is 0 Å². The van der Waals surface area contributed by atoms with Crippen LogP contribution in [0.15, 0.2) is 60.7 Å². The number of carboxylic acids is 1. The van der Waals surface area contributed by atoms with Crippen molar-refractivity contribution in [3.63, 3.8) is 0 Å². The fourth-order valence-electron chi connectivity index (χ4n) is 4.71. The van der Waals surface area contributed by atoms with Gasteiger partial charge in [0.25, 0.3) is 0 Å². The molecule has 0 aliphatic carbocycles. The number of rotatable bonds is 4. The van der Waals surface area contributed by atoms with E-state index in [1.54, 1.807) is 30.3 Å². The van der Waals surface area contributed by atoms with Crippen LogP contribution in [0.5, 0.6) is 5.75 Å². The Hall–Kier alpha value is -3.71. The van der Waals surface area contributed by atoms with Gasteiger partial charge >= 0.3 is 5.97 Å². The van der Waals surface area contributed by atoms with Crippen LogP contribution in [-0.4, -0.2) is 34.0 Å². The summed E-state index contributed by atoms with van der Waals surface area (Å²) in [5, 5.41) is 20.8. The fourth-order valence-corrected chi connectivity index (χ4v) is 4.71. The molecule has 0 radical (unpaired) electrons. The summed E-state index contributed by atoms with van der Waals surface area (Å²) in [6, 6.07) is 14.7. The largest absolute Gasteiger partial charge is 0.507 e. The first-order valence-corrected chi connectivity index (χ1v) is 10.7. The first-order valence-electron chi connectivity index (χ1n) is 10.7. The molecular formula is C26H21F2NO4. The topological polar surface area (TPSA) is 71.7 Å². The van der Waals surface area contributed by atoms with Crippen LogP contribution in [0.2, 0.25) is 0 Å². The van der Waals surface area contributed by atoms with Crippen molar-refractivity contribution in [1.82, 2.24) is 4.57 Å². The number of benzene rings is 3. The van der Waals surface area contributed by atoms with Gasteiger partial charge in [-0.05, 0) is 60.9 Å². The Labute approximate surface area is 188 Å². The number of aromatic nitrogens is 1. The number of halogens is 2. The van der Waals surface area contributed by atoms with Crippen LogP contribution in [0.25, 0.3) is 27.7 Å². The Kier molecular flexibility index (Phi) is 5.34. The quantitative estimate of drug-likeness (QED) is 0.409. The van der Waals surface area contributed by atoms with Crippen molar-refractivity contribution >= 4 is 16.9 Å². The normalized spacial score (nSPS) is 14.6. The number of phenols is 1. The highest BCUT2D eigenvalue weighted by molar-refractivity contribution is 6.04. The van der Waals surface area contributed by atoms with Crippen LogP contribution in [0.4, 0.5) is 8.78 Å². The van der Waals surface area contributed by atoms with Gasteiger partial charge in [-0.1, -0.05) is 12.1 Å². The molecule has 1 aliphatic heterocycles. The smallest absolute Gasteiger partial charge is 0.335 e. The molecule has 0 amide bonds. The van der Waals surface area contributed by atoms with Gasteiger partial charge in [-0.15, -0.1) is 0 Å². The van der Waals surface area contributed by atoms with Gasteiger partial charge in [-0.3, -0.25) is 0 Å². The SMILES string of the molecule is O=C(O)c1cccc(-c2c(C3CCOCC3)n(-c3ccc(F)cc3)c3cc(F)cc(O)c23)c1. The molecule has 0 saturated carbocycles. The molecule has 3 aromatic carbocycles. The summed E-state index contributed by atoms with van der Waals surface area (Å²) in [4.78, 5) is 11.6. The molecule has 2 N–H and O–H groups in total. The van der Waals surface area contributed by atoms with E-state index in [9.17, 15) is 23.8 Å². The minimum Gasteiger partial charge on any atom is -0.507 e. The zero-order chi connectivity index (χ0) is 23.1. The van der Waals surface area contributed by atoms with Crippen LogP contribution < -0.4 is 0 Å². The summed E-state index contributed by atoms with van der Waals surface area (Å²) in [6.07, 6.45) is 1.40. The lowest BCUT2D eigenvalue weighted by atomic mass is 9.89. The van der Waals surface area contributed by atoms with Gasteiger partial charge in [0.1, 0.15) is 17.4 Å². The minimum atomic E-state index is -1.07. The van der Waals surface area contributed by atoms with Crippen molar-refractivity contribution in [1.29, 1.82) is 0 Å². The number of nitrogens with zero attached hydrogens (tertiary/aromatic N) is 1. The van der Waals surface area contributed by atoms with Crippen LogP contribution >= 0.6 is 0 Å². The van der Waals surface area contributed by atoms with E-state index in [0.717, 1.165) is 11.8 Å². The van der Waals surface area contributed by atoms with E-state index in [1.807, 2.05) is 4.57 Å². The molecule has 5 rings (SSSR count). The summed E-state index contributed by atoms with van der Waals surface area (Å²) < 4.78 is 35.6. The average molecular weight is 449 g/mol. The number of carboxylic acid groups (broad SMARTS) is 1. The van der Waals surface area contributed by atoms with Crippen molar-refractivity contribution in [3.05, 3.63) is 83.6 Å². The van der Waals surface area contributed by atoms with Crippen LogP contribution in [0.1, 0.15) is 34.8 Å². The standard InChI is InChI=1S/C26H21F2NO4/c27-18-4-6-20(7-5-18)29-21-13-19(28)14-22(30)24(21)23(25(29)15-8-10-33-11-9-15)16-2-1-3-17(12-16)26(31)32/h1-7,12-15,30H,8-11H2,(H,31,32). The zero-order valence-corrected chi connectivity index (χ0v) is 17.6. The first kappa shape index (κ1) is 21.2. The molecule has 1 saturated heterocycles. The third-order valence-electron chi connectivity index (χ3n) is 6.14. The molecule has 1 aromatic heterocycles. The molecular weight excluding hydrogens is 428 g/mol. The molecule has 1 fully saturated rings. The van der Waals surface area contributed by atoms with E-state index >= 15 is 0 Å². The van der Waals surface area contributed by atoms with E-state index in [2.05, 4.69) is 0 Å². The van der Waals surface area contributed by atoms with Crippen LogP contribution in [0, 0.1) is 11.6 Å². The molecule has 33 heavy (non-hydrogen) atoms. The van der Waals surface area contributed by atoms with Crippen molar-refractivity contribution in [2.45, 2.75) is 18.8 Å². The van der Waals surface area contributed by atoms with E-state index in [1.165, 1.54) is 24.3 Å². The van der Waals surface area contributed by atoms with Crippen molar-refractivity contribution in [2.75, 3.05) is 13.2 Å². The third-order valence-corrected chi connectivity index (χ3v) is 6.14. The van der Waals surface area contributed by atoms with E-state index in [-0.39, 0.29) is 17.2 Å². The van der Waals surface area contributed by atoms with Gasteiger partial charge in [0, 0.05) is 42.1 Å². The zero-order valence-electron chi connectivity index (χ0n) is 17.6. The summed E-state index contributed by atoms with van der Waals surface area (Å²) in [6.45, 7) is 1.09. The Bertz CT molecular complexity index is 1360. The number of fused-ring (bicyclic) bond motifs is 1. The molecule has 5 nitrogen and oxygen atoms in total. The molecule has 7 heteroatoms. The first-order chi connectivity index (χ1) is 15.9. The molecule has 0 atom stereocenters. The fraction of sp³-hybridized carbons (Fsp3) is 0.192.